The van der Waals surface area contributed by atoms with E-state index in [2.05, 4.69) is 10.6 Å². The van der Waals surface area contributed by atoms with E-state index in [1.54, 1.807) is 24.3 Å². The molecule has 0 aliphatic heterocycles. The molecule has 0 bridgehead atoms. The van der Waals surface area contributed by atoms with Crippen molar-refractivity contribution >= 4 is 28.8 Å². The van der Waals surface area contributed by atoms with Crippen molar-refractivity contribution in [3.63, 3.8) is 0 Å². The molecule has 1 aromatic carbocycles. The topological polar surface area (TPSA) is 78.4 Å². The Hall–Kier alpha value is -2.18. The standard InChI is InChI=1S/C17H20N2O3S/c1-3-13(10-20)18-16(21)12-4-6-14(7-5-12)19-17(22)15-11(2)8-9-23-15/h4-9,13,20H,3,10H2,1-2H3,(H,18,21)(H,19,22). The van der Waals surface area contributed by atoms with Crippen LogP contribution in [0.15, 0.2) is 35.7 Å². The highest BCUT2D eigenvalue weighted by Gasteiger charge is 2.13. The lowest BCUT2D eigenvalue weighted by Crippen LogP contribution is -2.36. The number of aliphatic hydroxyl groups excluding tert-OH is 1. The first-order valence-corrected chi connectivity index (χ1v) is 8.30. The monoisotopic (exact) mass is 332 g/mol. The SMILES string of the molecule is CCC(CO)NC(=O)c1ccc(NC(=O)c2sccc2C)cc1. The van der Waals surface area contributed by atoms with Crippen LogP contribution in [0.2, 0.25) is 0 Å². The van der Waals surface area contributed by atoms with Crippen molar-refractivity contribution in [3.05, 3.63) is 51.7 Å². The van der Waals surface area contributed by atoms with Gasteiger partial charge >= 0.3 is 0 Å². The van der Waals surface area contributed by atoms with Crippen LogP contribution in [0.25, 0.3) is 0 Å². The molecule has 2 rings (SSSR count). The van der Waals surface area contributed by atoms with Crippen LogP contribution in [0.5, 0.6) is 0 Å². The Kier molecular flexibility index (Phi) is 5.90. The van der Waals surface area contributed by atoms with Crippen molar-refractivity contribution in [1.82, 2.24) is 5.32 Å². The van der Waals surface area contributed by atoms with Gasteiger partial charge in [-0.25, -0.2) is 0 Å². The molecule has 6 heteroatoms. The minimum atomic E-state index is -0.247. The normalized spacial score (nSPS) is 11.8. The molecule has 2 amide bonds. The van der Waals surface area contributed by atoms with Gasteiger partial charge < -0.3 is 15.7 Å². The Morgan fingerprint density at radius 2 is 1.87 bits per heavy atom. The molecule has 0 radical (unpaired) electrons. The van der Waals surface area contributed by atoms with E-state index in [1.165, 1.54) is 11.3 Å². The van der Waals surface area contributed by atoms with Crippen molar-refractivity contribution in [2.45, 2.75) is 26.3 Å². The molecule has 122 valence electrons. The summed E-state index contributed by atoms with van der Waals surface area (Å²) in [4.78, 5) is 24.8. The average molecular weight is 332 g/mol. The van der Waals surface area contributed by atoms with Crippen molar-refractivity contribution in [3.8, 4) is 0 Å². The maximum absolute atomic E-state index is 12.1. The van der Waals surface area contributed by atoms with Crippen LogP contribution in [0.3, 0.4) is 0 Å². The average Bonchev–Trinajstić information content (AvgIpc) is 2.99. The molecule has 0 spiro atoms. The number of rotatable bonds is 6. The molecular formula is C17H20N2O3S. The fourth-order valence-electron chi connectivity index (χ4n) is 2.04. The summed E-state index contributed by atoms with van der Waals surface area (Å²) in [6.07, 6.45) is 0.663. The molecule has 3 N–H and O–H groups in total. The quantitative estimate of drug-likeness (QED) is 0.761. The fraction of sp³-hybridized carbons (Fsp3) is 0.294. The molecular weight excluding hydrogens is 312 g/mol. The third kappa shape index (κ3) is 4.40. The summed E-state index contributed by atoms with van der Waals surface area (Å²) in [6, 6.07) is 8.33. The second-order valence-electron chi connectivity index (χ2n) is 5.23. The van der Waals surface area contributed by atoms with Gasteiger partial charge in [0.25, 0.3) is 11.8 Å². The van der Waals surface area contributed by atoms with E-state index >= 15 is 0 Å². The first-order chi connectivity index (χ1) is 11.0. The van der Waals surface area contributed by atoms with Gasteiger partial charge in [-0.1, -0.05) is 6.92 Å². The van der Waals surface area contributed by atoms with Gasteiger partial charge in [0.05, 0.1) is 17.5 Å². The Balaban J connectivity index is 2.01. The number of hydrogen-bond acceptors (Lipinski definition) is 4. The van der Waals surface area contributed by atoms with E-state index in [0.29, 0.717) is 22.5 Å². The first kappa shape index (κ1) is 17.2. The number of hydrogen-bond donors (Lipinski definition) is 3. The zero-order valence-electron chi connectivity index (χ0n) is 13.1. The summed E-state index contributed by atoms with van der Waals surface area (Å²) < 4.78 is 0. The van der Waals surface area contributed by atoms with E-state index < -0.39 is 0 Å². The molecule has 23 heavy (non-hydrogen) atoms. The van der Waals surface area contributed by atoms with E-state index in [1.807, 2.05) is 25.3 Å². The maximum atomic E-state index is 12.1. The lowest BCUT2D eigenvalue weighted by atomic mass is 10.1. The fourth-order valence-corrected chi connectivity index (χ4v) is 2.86. The minimum absolute atomic E-state index is 0.0868. The molecule has 0 saturated carbocycles. The Morgan fingerprint density at radius 1 is 1.17 bits per heavy atom. The zero-order valence-corrected chi connectivity index (χ0v) is 13.9. The number of amides is 2. The second-order valence-corrected chi connectivity index (χ2v) is 6.14. The Labute approximate surface area is 139 Å². The van der Waals surface area contributed by atoms with Gasteiger partial charge in [0.2, 0.25) is 0 Å². The lowest BCUT2D eigenvalue weighted by molar-refractivity contribution is 0.0914. The van der Waals surface area contributed by atoms with Crippen LogP contribution < -0.4 is 10.6 Å². The third-order valence-electron chi connectivity index (χ3n) is 3.52. The van der Waals surface area contributed by atoms with Crippen LogP contribution in [-0.2, 0) is 0 Å². The van der Waals surface area contributed by atoms with Crippen LogP contribution in [0.4, 0.5) is 5.69 Å². The third-order valence-corrected chi connectivity index (χ3v) is 4.54. The highest BCUT2D eigenvalue weighted by Crippen LogP contribution is 2.18. The second kappa shape index (κ2) is 7.89. The number of aryl methyl sites for hydroxylation is 1. The molecule has 1 atom stereocenters. The summed E-state index contributed by atoms with van der Waals surface area (Å²) >= 11 is 1.40. The predicted molar refractivity (Wildman–Crippen MR) is 92.1 cm³/mol. The first-order valence-electron chi connectivity index (χ1n) is 7.42. The number of benzene rings is 1. The van der Waals surface area contributed by atoms with Crippen LogP contribution >= 0.6 is 11.3 Å². The molecule has 0 aliphatic rings. The highest BCUT2D eigenvalue weighted by atomic mass is 32.1. The number of aliphatic hydroxyl groups is 1. The molecule has 1 heterocycles. The summed E-state index contributed by atoms with van der Waals surface area (Å²) in [5.41, 5.74) is 2.06. The van der Waals surface area contributed by atoms with E-state index in [9.17, 15) is 9.59 Å². The summed E-state index contributed by atoms with van der Waals surface area (Å²) in [6.45, 7) is 3.70. The smallest absolute Gasteiger partial charge is 0.265 e. The molecule has 5 nitrogen and oxygen atoms in total. The largest absolute Gasteiger partial charge is 0.394 e. The number of nitrogens with one attached hydrogen (secondary N) is 2. The number of carbonyl (C=O) groups is 2. The van der Waals surface area contributed by atoms with E-state index in [4.69, 9.17) is 5.11 Å². The molecule has 0 saturated heterocycles. The summed E-state index contributed by atoms with van der Waals surface area (Å²) in [5.74, 6) is -0.390. The molecule has 0 fully saturated rings. The van der Waals surface area contributed by atoms with Crippen molar-refractivity contribution in [1.29, 1.82) is 0 Å². The number of carbonyl (C=O) groups excluding carboxylic acids is 2. The zero-order chi connectivity index (χ0) is 16.8. The lowest BCUT2D eigenvalue weighted by Gasteiger charge is -2.14. The van der Waals surface area contributed by atoms with Crippen LogP contribution in [0, 0.1) is 6.92 Å². The number of anilines is 1. The Morgan fingerprint density at radius 3 is 2.39 bits per heavy atom. The summed E-state index contributed by atoms with van der Waals surface area (Å²) in [7, 11) is 0. The maximum Gasteiger partial charge on any atom is 0.265 e. The molecule has 2 aromatic rings. The van der Waals surface area contributed by atoms with Gasteiger partial charge in [0, 0.05) is 11.3 Å². The molecule has 0 aliphatic carbocycles. The minimum Gasteiger partial charge on any atom is -0.394 e. The van der Waals surface area contributed by atoms with Gasteiger partial charge in [0.1, 0.15) is 0 Å². The van der Waals surface area contributed by atoms with Gasteiger partial charge in [-0.2, -0.15) is 0 Å². The van der Waals surface area contributed by atoms with Gasteiger partial charge in [-0.05, 0) is 54.6 Å². The number of thiophene rings is 1. The van der Waals surface area contributed by atoms with Crippen molar-refractivity contribution < 1.29 is 14.7 Å². The van der Waals surface area contributed by atoms with Crippen molar-refractivity contribution in [2.24, 2.45) is 0 Å². The van der Waals surface area contributed by atoms with Crippen LogP contribution in [-0.4, -0.2) is 29.6 Å². The van der Waals surface area contributed by atoms with E-state index in [0.717, 1.165) is 5.56 Å². The van der Waals surface area contributed by atoms with Gasteiger partial charge in [0.15, 0.2) is 0 Å². The summed E-state index contributed by atoms with van der Waals surface area (Å²) in [5, 5.41) is 16.6. The van der Waals surface area contributed by atoms with Gasteiger partial charge in [-0.15, -0.1) is 11.3 Å². The van der Waals surface area contributed by atoms with E-state index in [-0.39, 0.29) is 24.5 Å². The van der Waals surface area contributed by atoms with Crippen LogP contribution in [0.1, 0.15) is 38.9 Å². The predicted octanol–water partition coefficient (Wildman–Crippen LogP) is 2.81. The van der Waals surface area contributed by atoms with Crippen molar-refractivity contribution in [2.75, 3.05) is 11.9 Å². The molecule has 1 unspecified atom stereocenters. The molecule has 1 aromatic heterocycles. The Bertz CT molecular complexity index is 675. The highest BCUT2D eigenvalue weighted by molar-refractivity contribution is 7.12. The van der Waals surface area contributed by atoms with Gasteiger partial charge in [-0.3, -0.25) is 9.59 Å².